The lowest BCUT2D eigenvalue weighted by atomic mass is 10.1. The van der Waals surface area contributed by atoms with E-state index in [9.17, 15) is 18.0 Å². The van der Waals surface area contributed by atoms with E-state index >= 15 is 0 Å². The molecule has 9 heteroatoms. The fourth-order valence-electron chi connectivity index (χ4n) is 2.39. The number of nitrogens with one attached hydrogen (secondary N) is 1. The van der Waals surface area contributed by atoms with Gasteiger partial charge in [-0.15, -0.1) is 0 Å². The Labute approximate surface area is 160 Å². The molecule has 1 saturated heterocycles. The number of hydrogen-bond donors (Lipinski definition) is 1. The highest BCUT2D eigenvalue weighted by atomic mass is 35.5. The average Bonchev–Trinajstić information content (AvgIpc) is 2.85. The number of carbonyl (C=O) groups is 1. The number of amides is 1. The van der Waals surface area contributed by atoms with Gasteiger partial charge < -0.3 is 0 Å². The summed E-state index contributed by atoms with van der Waals surface area (Å²) in [4.78, 5) is 13.5. The van der Waals surface area contributed by atoms with E-state index in [1.165, 1.54) is 18.2 Å². The lowest BCUT2D eigenvalue weighted by molar-refractivity contribution is -0.137. The minimum Gasteiger partial charge on any atom is -0.278 e. The number of amidine groups is 1. The number of hydrogen-bond acceptors (Lipinski definition) is 3. The van der Waals surface area contributed by atoms with Crippen molar-refractivity contribution in [2.75, 3.05) is 4.90 Å². The monoisotopic (exact) mass is 416 g/mol. The Morgan fingerprint density at radius 3 is 2.46 bits per heavy atom. The summed E-state index contributed by atoms with van der Waals surface area (Å²) in [7, 11) is 0. The van der Waals surface area contributed by atoms with Crippen LogP contribution in [0.3, 0.4) is 0 Å². The summed E-state index contributed by atoms with van der Waals surface area (Å²) < 4.78 is 39.7. The van der Waals surface area contributed by atoms with Crippen LogP contribution in [0.2, 0.25) is 10.0 Å². The van der Waals surface area contributed by atoms with Crippen molar-refractivity contribution in [3.8, 4) is 0 Å². The highest BCUT2D eigenvalue weighted by Crippen LogP contribution is 2.42. The molecule has 26 heavy (non-hydrogen) atoms. The SMILES string of the molecule is N=C1S/C(=C\c2cccc(Cl)c2Cl)C(=O)N1c1ccccc1C(F)(F)F. The highest BCUT2D eigenvalue weighted by Gasteiger charge is 2.40. The second-order valence-electron chi connectivity index (χ2n) is 5.21. The smallest absolute Gasteiger partial charge is 0.278 e. The predicted molar refractivity (Wildman–Crippen MR) is 98.7 cm³/mol. The number of rotatable bonds is 2. The molecule has 0 unspecified atom stereocenters. The first-order chi connectivity index (χ1) is 12.2. The molecule has 2 aromatic rings. The molecule has 0 aliphatic carbocycles. The summed E-state index contributed by atoms with van der Waals surface area (Å²) in [6.07, 6.45) is -3.24. The number of carbonyl (C=O) groups excluding carboxylic acids is 1. The standard InChI is InChI=1S/C17H9Cl2F3N2OS/c18-11-6-3-4-9(14(11)19)8-13-15(25)24(16(23)26-13)12-7-2-1-5-10(12)17(20,21)22/h1-8,23H/b13-8-,23-16?. The number of benzene rings is 2. The lowest BCUT2D eigenvalue weighted by Gasteiger charge is -2.19. The molecule has 2 aromatic carbocycles. The first-order valence-corrected chi connectivity index (χ1v) is 8.70. The zero-order valence-electron chi connectivity index (χ0n) is 12.8. The molecule has 0 aromatic heterocycles. The summed E-state index contributed by atoms with van der Waals surface area (Å²) in [6.45, 7) is 0. The van der Waals surface area contributed by atoms with Crippen LogP contribution in [0, 0.1) is 5.41 Å². The second kappa shape index (κ2) is 6.98. The number of alkyl halides is 3. The molecule has 134 valence electrons. The molecule has 0 bridgehead atoms. The van der Waals surface area contributed by atoms with Crippen molar-refractivity contribution in [3.63, 3.8) is 0 Å². The molecule has 1 aliphatic rings. The minimum atomic E-state index is -4.65. The molecule has 0 saturated carbocycles. The van der Waals surface area contributed by atoms with E-state index in [-0.39, 0.29) is 25.8 Å². The molecule has 3 rings (SSSR count). The van der Waals surface area contributed by atoms with Gasteiger partial charge in [0.2, 0.25) is 0 Å². The van der Waals surface area contributed by atoms with Gasteiger partial charge in [-0.1, -0.05) is 47.5 Å². The van der Waals surface area contributed by atoms with E-state index < -0.39 is 17.6 Å². The fourth-order valence-corrected chi connectivity index (χ4v) is 3.60. The van der Waals surface area contributed by atoms with E-state index in [0.717, 1.165) is 28.8 Å². The van der Waals surface area contributed by atoms with E-state index in [2.05, 4.69) is 0 Å². The summed E-state index contributed by atoms with van der Waals surface area (Å²) in [5.74, 6) is -0.729. The van der Waals surface area contributed by atoms with E-state index in [4.69, 9.17) is 28.6 Å². The van der Waals surface area contributed by atoms with Crippen molar-refractivity contribution >= 4 is 57.8 Å². The quantitative estimate of drug-likeness (QED) is 0.603. The molecule has 0 spiro atoms. The first-order valence-electron chi connectivity index (χ1n) is 7.13. The van der Waals surface area contributed by atoms with Gasteiger partial charge in [-0.3, -0.25) is 15.1 Å². The summed E-state index contributed by atoms with van der Waals surface area (Å²) >= 11 is 12.8. The summed E-state index contributed by atoms with van der Waals surface area (Å²) in [5, 5.41) is 8.15. The third kappa shape index (κ3) is 3.47. The molecule has 1 amide bonds. The number of thioether (sulfide) groups is 1. The Bertz CT molecular complexity index is 944. The Morgan fingerprint density at radius 2 is 1.77 bits per heavy atom. The molecule has 1 heterocycles. The maximum atomic E-state index is 13.2. The Hall–Kier alpha value is -1.96. The van der Waals surface area contributed by atoms with Gasteiger partial charge in [-0.25, -0.2) is 0 Å². The Morgan fingerprint density at radius 1 is 1.08 bits per heavy atom. The van der Waals surface area contributed by atoms with Crippen LogP contribution >= 0.6 is 35.0 Å². The van der Waals surface area contributed by atoms with Crippen LogP contribution in [0.25, 0.3) is 6.08 Å². The second-order valence-corrected chi connectivity index (χ2v) is 7.03. The van der Waals surface area contributed by atoms with Crippen LogP contribution in [0.5, 0.6) is 0 Å². The van der Waals surface area contributed by atoms with Gasteiger partial charge in [0.1, 0.15) is 0 Å². The minimum absolute atomic E-state index is 0.0798. The van der Waals surface area contributed by atoms with Gasteiger partial charge >= 0.3 is 6.18 Å². The van der Waals surface area contributed by atoms with Crippen molar-refractivity contribution in [1.82, 2.24) is 0 Å². The van der Waals surface area contributed by atoms with Gasteiger partial charge in [0.25, 0.3) is 5.91 Å². The maximum Gasteiger partial charge on any atom is 0.418 e. The van der Waals surface area contributed by atoms with Crippen molar-refractivity contribution in [2.24, 2.45) is 0 Å². The molecular formula is C17H9Cl2F3N2OS. The topological polar surface area (TPSA) is 44.2 Å². The van der Waals surface area contributed by atoms with Crippen molar-refractivity contribution < 1.29 is 18.0 Å². The third-order valence-electron chi connectivity index (χ3n) is 3.54. The highest BCUT2D eigenvalue weighted by molar-refractivity contribution is 8.19. The zero-order chi connectivity index (χ0) is 19.1. The molecule has 1 fully saturated rings. The maximum absolute atomic E-state index is 13.2. The van der Waals surface area contributed by atoms with Gasteiger partial charge in [0.15, 0.2) is 5.17 Å². The molecule has 0 radical (unpaired) electrons. The van der Waals surface area contributed by atoms with E-state index in [0.29, 0.717) is 5.56 Å². The Kier molecular flexibility index (Phi) is 5.05. The normalized spacial score (nSPS) is 16.7. The van der Waals surface area contributed by atoms with Gasteiger partial charge in [0.05, 0.1) is 26.2 Å². The summed E-state index contributed by atoms with van der Waals surface area (Å²) in [5.41, 5.74) is -0.933. The van der Waals surface area contributed by atoms with E-state index in [1.807, 2.05) is 0 Å². The zero-order valence-corrected chi connectivity index (χ0v) is 15.1. The molecule has 0 atom stereocenters. The molecular weight excluding hydrogens is 408 g/mol. The third-order valence-corrected chi connectivity index (χ3v) is 5.26. The number of halogens is 5. The predicted octanol–water partition coefficient (Wildman–Crippen LogP) is 6.07. The van der Waals surface area contributed by atoms with Crippen LogP contribution in [-0.2, 0) is 11.0 Å². The lowest BCUT2D eigenvalue weighted by Crippen LogP contribution is -2.30. The van der Waals surface area contributed by atoms with Crippen LogP contribution in [0.1, 0.15) is 11.1 Å². The van der Waals surface area contributed by atoms with Crippen LogP contribution < -0.4 is 4.90 Å². The van der Waals surface area contributed by atoms with Crippen LogP contribution in [0.4, 0.5) is 18.9 Å². The Balaban J connectivity index is 2.04. The van der Waals surface area contributed by atoms with Crippen LogP contribution in [0.15, 0.2) is 47.4 Å². The molecule has 1 aliphatic heterocycles. The van der Waals surface area contributed by atoms with Crippen molar-refractivity contribution in [1.29, 1.82) is 5.41 Å². The average molecular weight is 417 g/mol. The molecule has 3 nitrogen and oxygen atoms in total. The summed E-state index contributed by atoms with van der Waals surface area (Å²) in [6, 6.07) is 9.46. The van der Waals surface area contributed by atoms with Gasteiger partial charge in [-0.2, -0.15) is 13.2 Å². The van der Waals surface area contributed by atoms with E-state index in [1.54, 1.807) is 18.2 Å². The number of anilines is 1. The van der Waals surface area contributed by atoms with Crippen molar-refractivity contribution in [3.05, 3.63) is 68.5 Å². The largest absolute Gasteiger partial charge is 0.418 e. The number of para-hydroxylation sites is 1. The molecule has 1 N–H and O–H groups in total. The van der Waals surface area contributed by atoms with Gasteiger partial charge in [-0.05, 0) is 41.6 Å². The van der Waals surface area contributed by atoms with Gasteiger partial charge in [0, 0.05) is 0 Å². The number of nitrogens with zero attached hydrogens (tertiary/aromatic N) is 1. The van der Waals surface area contributed by atoms with Crippen LogP contribution in [-0.4, -0.2) is 11.1 Å². The first kappa shape index (κ1) is 18.8. The van der Waals surface area contributed by atoms with Crippen molar-refractivity contribution in [2.45, 2.75) is 6.18 Å². The fraction of sp³-hybridized carbons (Fsp3) is 0.0588.